The highest BCUT2D eigenvalue weighted by molar-refractivity contribution is 5.83. The van der Waals surface area contributed by atoms with E-state index < -0.39 is 0 Å². The van der Waals surface area contributed by atoms with Gasteiger partial charge in [-0.05, 0) is 30.3 Å². The molecular formula is C17H11N5. The highest BCUT2D eigenvalue weighted by Crippen LogP contribution is 2.28. The number of hydrogen-bond acceptors (Lipinski definition) is 5. The summed E-state index contributed by atoms with van der Waals surface area (Å²) >= 11 is 0. The zero-order chi connectivity index (χ0) is 14.8. The predicted molar refractivity (Wildman–Crippen MR) is 83.8 cm³/mol. The maximum absolute atomic E-state index is 4.72. The van der Waals surface area contributed by atoms with Crippen molar-refractivity contribution in [3.8, 4) is 22.8 Å². The lowest BCUT2D eigenvalue weighted by Gasteiger charge is -2.08. The van der Waals surface area contributed by atoms with Gasteiger partial charge in [0.05, 0.1) is 23.1 Å². The maximum Gasteiger partial charge on any atom is 0.117 e. The van der Waals surface area contributed by atoms with Crippen molar-refractivity contribution in [3.05, 3.63) is 67.3 Å². The molecule has 0 fully saturated rings. The predicted octanol–water partition coefficient (Wildman–Crippen LogP) is 3.15. The largest absolute Gasteiger partial charge is 0.262 e. The van der Waals surface area contributed by atoms with Crippen LogP contribution in [0.2, 0.25) is 0 Å². The Hall–Kier alpha value is -3.21. The first-order chi connectivity index (χ1) is 10.9. The second-order valence-electron chi connectivity index (χ2n) is 4.72. The number of nitrogens with zero attached hydrogens (tertiary/aromatic N) is 5. The Balaban J connectivity index is 2.04. The Labute approximate surface area is 126 Å². The summed E-state index contributed by atoms with van der Waals surface area (Å²) in [6, 6.07) is 13.3. The minimum atomic E-state index is 0.708. The van der Waals surface area contributed by atoms with Crippen molar-refractivity contribution >= 4 is 11.0 Å². The van der Waals surface area contributed by atoms with E-state index in [1.165, 1.54) is 0 Å². The van der Waals surface area contributed by atoms with E-state index in [0.717, 1.165) is 28.1 Å². The number of pyridine rings is 3. The van der Waals surface area contributed by atoms with Crippen LogP contribution in [0.25, 0.3) is 33.8 Å². The van der Waals surface area contributed by atoms with Gasteiger partial charge >= 0.3 is 0 Å². The lowest BCUT2D eigenvalue weighted by Crippen LogP contribution is -1.98. The monoisotopic (exact) mass is 285 g/mol. The van der Waals surface area contributed by atoms with Gasteiger partial charge in [-0.2, -0.15) is 0 Å². The fourth-order valence-corrected chi connectivity index (χ4v) is 2.27. The second kappa shape index (κ2) is 5.29. The van der Waals surface area contributed by atoms with E-state index in [2.05, 4.69) is 15.0 Å². The lowest BCUT2D eigenvalue weighted by molar-refractivity contribution is 1.19. The molecule has 0 aliphatic carbocycles. The molecule has 0 saturated heterocycles. The molecule has 4 heterocycles. The summed E-state index contributed by atoms with van der Waals surface area (Å²) in [6.45, 7) is 0. The van der Waals surface area contributed by atoms with Crippen LogP contribution >= 0.6 is 0 Å². The topological polar surface area (TPSA) is 64.5 Å². The fourth-order valence-electron chi connectivity index (χ4n) is 2.27. The Morgan fingerprint density at radius 1 is 0.591 bits per heavy atom. The van der Waals surface area contributed by atoms with Crippen molar-refractivity contribution in [1.29, 1.82) is 0 Å². The van der Waals surface area contributed by atoms with Gasteiger partial charge in [-0.1, -0.05) is 12.1 Å². The number of hydrogen-bond donors (Lipinski definition) is 0. The maximum atomic E-state index is 4.72. The van der Waals surface area contributed by atoms with Gasteiger partial charge in [0.25, 0.3) is 0 Å². The second-order valence-corrected chi connectivity index (χ2v) is 4.72. The smallest absolute Gasteiger partial charge is 0.117 e. The lowest BCUT2D eigenvalue weighted by atomic mass is 10.1. The SMILES string of the molecule is c1ccc(-c2nc3ccncc3nc2-c2ccccn2)nc1. The average molecular weight is 285 g/mol. The van der Waals surface area contributed by atoms with Gasteiger partial charge in [-0.25, -0.2) is 9.97 Å². The van der Waals surface area contributed by atoms with E-state index in [1.807, 2.05) is 42.5 Å². The average Bonchev–Trinajstić information content (AvgIpc) is 2.62. The van der Waals surface area contributed by atoms with E-state index >= 15 is 0 Å². The Bertz CT molecular complexity index is 845. The fraction of sp³-hybridized carbons (Fsp3) is 0. The molecule has 104 valence electrons. The van der Waals surface area contributed by atoms with Gasteiger partial charge in [-0.3, -0.25) is 15.0 Å². The molecule has 5 heteroatoms. The summed E-state index contributed by atoms with van der Waals surface area (Å²) in [5, 5.41) is 0. The summed E-state index contributed by atoms with van der Waals surface area (Å²) in [5.74, 6) is 0. The van der Waals surface area contributed by atoms with E-state index in [4.69, 9.17) is 9.97 Å². The first-order valence-electron chi connectivity index (χ1n) is 6.86. The minimum absolute atomic E-state index is 0.708. The van der Waals surface area contributed by atoms with Crippen molar-refractivity contribution in [2.45, 2.75) is 0 Å². The van der Waals surface area contributed by atoms with Gasteiger partial charge in [0, 0.05) is 18.6 Å². The summed E-state index contributed by atoms with van der Waals surface area (Å²) < 4.78 is 0. The molecule has 0 amide bonds. The van der Waals surface area contributed by atoms with Crippen molar-refractivity contribution < 1.29 is 0 Å². The summed E-state index contributed by atoms with van der Waals surface area (Å²) in [6.07, 6.45) is 6.90. The van der Waals surface area contributed by atoms with Crippen molar-refractivity contribution in [2.75, 3.05) is 0 Å². The van der Waals surface area contributed by atoms with E-state index in [0.29, 0.717) is 5.69 Å². The molecule has 0 atom stereocenters. The third-order valence-corrected chi connectivity index (χ3v) is 3.28. The molecule has 0 saturated carbocycles. The van der Waals surface area contributed by atoms with Crippen LogP contribution in [0.5, 0.6) is 0 Å². The Kier molecular flexibility index (Phi) is 3.01. The molecule has 0 aliphatic rings. The highest BCUT2D eigenvalue weighted by atomic mass is 14.9. The number of rotatable bonds is 2. The van der Waals surface area contributed by atoms with E-state index in [9.17, 15) is 0 Å². The van der Waals surface area contributed by atoms with Crippen LogP contribution in [0, 0.1) is 0 Å². The third-order valence-electron chi connectivity index (χ3n) is 3.28. The normalized spacial score (nSPS) is 10.7. The first-order valence-corrected chi connectivity index (χ1v) is 6.86. The molecule has 0 spiro atoms. The molecule has 0 N–H and O–H groups in total. The molecular weight excluding hydrogens is 274 g/mol. The van der Waals surface area contributed by atoms with E-state index in [1.54, 1.807) is 24.8 Å². The van der Waals surface area contributed by atoms with Crippen LogP contribution in [0.4, 0.5) is 0 Å². The molecule has 4 aromatic rings. The van der Waals surface area contributed by atoms with Crippen LogP contribution in [0.15, 0.2) is 67.3 Å². The Morgan fingerprint density at radius 3 is 1.82 bits per heavy atom. The summed E-state index contributed by atoms with van der Waals surface area (Å²) in [7, 11) is 0. The van der Waals surface area contributed by atoms with Gasteiger partial charge < -0.3 is 0 Å². The minimum Gasteiger partial charge on any atom is -0.262 e. The number of fused-ring (bicyclic) bond motifs is 1. The molecule has 0 aromatic carbocycles. The van der Waals surface area contributed by atoms with Crippen LogP contribution in [-0.2, 0) is 0 Å². The molecule has 4 aromatic heterocycles. The molecule has 4 rings (SSSR count). The Morgan fingerprint density at radius 2 is 1.23 bits per heavy atom. The number of aromatic nitrogens is 5. The van der Waals surface area contributed by atoms with Crippen LogP contribution < -0.4 is 0 Å². The molecule has 0 unspecified atom stereocenters. The quantitative estimate of drug-likeness (QED) is 0.566. The molecule has 0 bridgehead atoms. The van der Waals surface area contributed by atoms with Gasteiger partial charge in [0.2, 0.25) is 0 Å². The summed E-state index contributed by atoms with van der Waals surface area (Å²) in [4.78, 5) is 22.3. The van der Waals surface area contributed by atoms with Crippen LogP contribution in [0.1, 0.15) is 0 Å². The third kappa shape index (κ3) is 2.18. The molecule has 22 heavy (non-hydrogen) atoms. The molecule has 0 radical (unpaired) electrons. The molecule has 5 nitrogen and oxygen atoms in total. The first kappa shape index (κ1) is 12.5. The van der Waals surface area contributed by atoms with Crippen molar-refractivity contribution in [3.63, 3.8) is 0 Å². The van der Waals surface area contributed by atoms with E-state index in [-0.39, 0.29) is 0 Å². The van der Waals surface area contributed by atoms with Gasteiger partial charge in [-0.15, -0.1) is 0 Å². The zero-order valence-corrected chi connectivity index (χ0v) is 11.6. The van der Waals surface area contributed by atoms with Crippen LogP contribution in [0.3, 0.4) is 0 Å². The van der Waals surface area contributed by atoms with Crippen molar-refractivity contribution in [2.24, 2.45) is 0 Å². The zero-order valence-electron chi connectivity index (χ0n) is 11.6. The molecule has 0 aliphatic heterocycles. The van der Waals surface area contributed by atoms with Gasteiger partial charge in [0.15, 0.2) is 0 Å². The highest BCUT2D eigenvalue weighted by Gasteiger charge is 2.14. The summed E-state index contributed by atoms with van der Waals surface area (Å²) in [5.41, 5.74) is 4.49. The van der Waals surface area contributed by atoms with Gasteiger partial charge in [0.1, 0.15) is 16.9 Å². The van der Waals surface area contributed by atoms with Crippen molar-refractivity contribution in [1.82, 2.24) is 24.9 Å². The van der Waals surface area contributed by atoms with Crippen LogP contribution in [-0.4, -0.2) is 24.9 Å². The standard InChI is InChI=1S/C17H11N5/c1-3-8-19-13(5-1)16-17(14-6-2-4-9-20-14)22-15-11-18-10-7-12(15)21-16/h1-11H.